The molecule has 1 fully saturated rings. The van der Waals surface area contributed by atoms with Crippen LogP contribution in [0.15, 0.2) is 76.3 Å². The first kappa shape index (κ1) is 18.2. The average molecular weight is 400 g/mol. The minimum Gasteiger partial charge on any atom is -0.464 e. The number of nitrogens with one attached hydrogen (secondary N) is 2. The number of pyridine rings is 2. The zero-order valence-electron chi connectivity index (χ0n) is 16.2. The second-order valence-electron chi connectivity index (χ2n) is 7.37. The lowest BCUT2D eigenvalue weighted by molar-refractivity contribution is 0.0940. The molecule has 4 aromatic rings. The van der Waals surface area contributed by atoms with Gasteiger partial charge in [-0.2, -0.15) is 0 Å². The summed E-state index contributed by atoms with van der Waals surface area (Å²) >= 11 is 0. The van der Waals surface area contributed by atoms with Crippen LogP contribution >= 0.6 is 0 Å². The Kier molecular flexibility index (Phi) is 4.55. The zero-order valence-corrected chi connectivity index (χ0v) is 16.2. The summed E-state index contributed by atoms with van der Waals surface area (Å²) in [4.78, 5) is 33.6. The topological polar surface area (TPSA) is 91.2 Å². The van der Waals surface area contributed by atoms with Crippen molar-refractivity contribution in [2.24, 2.45) is 0 Å². The Morgan fingerprint density at radius 2 is 2.00 bits per heavy atom. The van der Waals surface area contributed by atoms with Crippen molar-refractivity contribution in [1.82, 2.24) is 15.3 Å². The molecule has 150 valence electrons. The number of rotatable bonds is 4. The summed E-state index contributed by atoms with van der Waals surface area (Å²) in [7, 11) is 0. The van der Waals surface area contributed by atoms with E-state index in [2.05, 4.69) is 20.2 Å². The van der Waals surface area contributed by atoms with Crippen LogP contribution in [-0.4, -0.2) is 35.0 Å². The lowest BCUT2D eigenvalue weighted by atomic mass is 10.1. The summed E-state index contributed by atoms with van der Waals surface area (Å²) in [5.74, 6) is 0.675. The van der Waals surface area contributed by atoms with Crippen LogP contribution < -0.4 is 15.8 Å². The van der Waals surface area contributed by atoms with Crippen molar-refractivity contribution in [2.75, 3.05) is 18.0 Å². The summed E-state index contributed by atoms with van der Waals surface area (Å²) in [6.45, 7) is 1.44. The monoisotopic (exact) mass is 400 g/mol. The fraction of sp³-hybridized carbons (Fsp3) is 0.174. The van der Waals surface area contributed by atoms with Crippen LogP contribution in [0.3, 0.4) is 0 Å². The van der Waals surface area contributed by atoms with Gasteiger partial charge >= 0.3 is 0 Å². The number of aromatic amines is 1. The molecular formula is C23H20N4O3. The molecule has 7 heteroatoms. The van der Waals surface area contributed by atoms with E-state index in [1.54, 1.807) is 18.5 Å². The van der Waals surface area contributed by atoms with E-state index in [0.29, 0.717) is 12.1 Å². The maximum Gasteiger partial charge on any atom is 0.251 e. The van der Waals surface area contributed by atoms with Crippen LogP contribution in [-0.2, 0) is 0 Å². The average Bonchev–Trinajstić information content (AvgIpc) is 3.43. The number of amides is 1. The predicted molar refractivity (Wildman–Crippen MR) is 115 cm³/mol. The smallest absolute Gasteiger partial charge is 0.251 e. The van der Waals surface area contributed by atoms with Gasteiger partial charge in [-0.1, -0.05) is 18.2 Å². The van der Waals surface area contributed by atoms with Crippen molar-refractivity contribution in [3.8, 4) is 11.3 Å². The van der Waals surface area contributed by atoms with Gasteiger partial charge in [0.15, 0.2) is 0 Å². The van der Waals surface area contributed by atoms with Gasteiger partial charge in [0.2, 0.25) is 5.56 Å². The second-order valence-corrected chi connectivity index (χ2v) is 7.37. The van der Waals surface area contributed by atoms with Crippen molar-refractivity contribution in [2.45, 2.75) is 12.5 Å². The van der Waals surface area contributed by atoms with Crippen LogP contribution in [0.5, 0.6) is 0 Å². The number of carbonyl (C=O) groups excluding carboxylic acids is 1. The van der Waals surface area contributed by atoms with Gasteiger partial charge in [0.1, 0.15) is 11.4 Å². The molecule has 1 saturated heterocycles. The fourth-order valence-electron chi connectivity index (χ4n) is 3.89. The van der Waals surface area contributed by atoms with E-state index in [-0.39, 0.29) is 17.5 Å². The van der Waals surface area contributed by atoms with Gasteiger partial charge in [-0.05, 0) is 36.8 Å². The van der Waals surface area contributed by atoms with E-state index in [9.17, 15) is 9.59 Å². The Hall–Kier alpha value is -3.87. The molecule has 1 unspecified atom stereocenters. The molecule has 1 aliphatic rings. The van der Waals surface area contributed by atoms with Gasteiger partial charge in [-0.25, -0.2) is 0 Å². The number of benzene rings is 1. The van der Waals surface area contributed by atoms with Gasteiger partial charge in [-0.15, -0.1) is 0 Å². The molecule has 1 amide bonds. The largest absolute Gasteiger partial charge is 0.464 e. The second kappa shape index (κ2) is 7.51. The van der Waals surface area contributed by atoms with Gasteiger partial charge in [0.25, 0.3) is 5.91 Å². The summed E-state index contributed by atoms with van der Waals surface area (Å²) in [6, 6.07) is 16.3. The third-order valence-corrected chi connectivity index (χ3v) is 5.42. The summed E-state index contributed by atoms with van der Waals surface area (Å²) in [6.07, 6.45) is 4.19. The Morgan fingerprint density at radius 1 is 1.13 bits per heavy atom. The van der Waals surface area contributed by atoms with E-state index in [1.807, 2.05) is 42.5 Å². The minimum absolute atomic E-state index is 0.0298. The number of hydrogen-bond donors (Lipinski definition) is 2. The van der Waals surface area contributed by atoms with Crippen molar-refractivity contribution in [1.29, 1.82) is 0 Å². The van der Waals surface area contributed by atoms with E-state index in [1.165, 1.54) is 6.07 Å². The molecule has 0 bridgehead atoms. The van der Waals surface area contributed by atoms with Crippen LogP contribution in [0.2, 0.25) is 0 Å². The number of fused-ring (bicyclic) bond motifs is 1. The summed E-state index contributed by atoms with van der Waals surface area (Å²) in [5.41, 5.74) is 3.02. The molecule has 5 rings (SSSR count). The molecule has 0 radical (unpaired) electrons. The van der Waals surface area contributed by atoms with Crippen LogP contribution in [0.1, 0.15) is 16.8 Å². The van der Waals surface area contributed by atoms with E-state index < -0.39 is 0 Å². The predicted octanol–water partition coefficient (Wildman–Crippen LogP) is 3.19. The van der Waals surface area contributed by atoms with Gasteiger partial charge in [0.05, 0.1) is 12.0 Å². The normalized spacial score (nSPS) is 16.1. The molecule has 3 aromatic heterocycles. The summed E-state index contributed by atoms with van der Waals surface area (Å²) in [5, 5.41) is 4.04. The van der Waals surface area contributed by atoms with E-state index in [0.717, 1.165) is 41.0 Å². The number of carbonyl (C=O) groups is 1. The van der Waals surface area contributed by atoms with Crippen LogP contribution in [0.4, 0.5) is 5.82 Å². The molecule has 1 aliphatic heterocycles. The third-order valence-electron chi connectivity index (χ3n) is 5.42. The minimum atomic E-state index is -0.124. The molecule has 0 aliphatic carbocycles. The molecular weight excluding hydrogens is 380 g/mol. The molecule has 4 heterocycles. The van der Waals surface area contributed by atoms with Crippen molar-refractivity contribution >= 4 is 22.7 Å². The third kappa shape index (κ3) is 3.45. The summed E-state index contributed by atoms with van der Waals surface area (Å²) < 4.78 is 5.44. The van der Waals surface area contributed by atoms with E-state index in [4.69, 9.17) is 4.42 Å². The fourth-order valence-corrected chi connectivity index (χ4v) is 3.89. The SMILES string of the molecule is O=C(NC1CCN(c2cccc(=O)[nH]2)C1)c1ccc(-c2nccc3occc23)cc1. The first-order valence-corrected chi connectivity index (χ1v) is 9.85. The molecule has 0 saturated carbocycles. The van der Waals surface area contributed by atoms with Crippen molar-refractivity contribution < 1.29 is 9.21 Å². The van der Waals surface area contributed by atoms with Crippen LogP contribution in [0.25, 0.3) is 22.2 Å². The molecule has 1 aromatic carbocycles. The Morgan fingerprint density at radius 3 is 2.83 bits per heavy atom. The van der Waals surface area contributed by atoms with Gasteiger partial charge in [-0.3, -0.25) is 14.6 Å². The molecule has 1 atom stereocenters. The van der Waals surface area contributed by atoms with Crippen molar-refractivity contribution in [3.05, 3.63) is 83.0 Å². The standard InChI is InChI=1S/C23H20N4O3/c28-21-3-1-2-20(26-21)27-12-9-17(14-27)25-23(29)16-6-4-15(5-7-16)22-18-10-13-30-19(18)8-11-24-22/h1-8,10-11,13,17H,9,12,14H2,(H,25,29)(H,26,28). The highest BCUT2D eigenvalue weighted by Crippen LogP contribution is 2.27. The van der Waals surface area contributed by atoms with Crippen molar-refractivity contribution in [3.63, 3.8) is 0 Å². The highest BCUT2D eigenvalue weighted by molar-refractivity contribution is 5.96. The lowest BCUT2D eigenvalue weighted by Gasteiger charge is -2.18. The molecule has 2 N–H and O–H groups in total. The van der Waals surface area contributed by atoms with E-state index >= 15 is 0 Å². The molecule has 0 spiro atoms. The maximum absolute atomic E-state index is 12.7. The maximum atomic E-state index is 12.7. The number of furan rings is 1. The Bertz CT molecular complexity index is 1260. The van der Waals surface area contributed by atoms with Crippen LogP contribution in [0, 0.1) is 0 Å². The number of nitrogens with zero attached hydrogens (tertiary/aromatic N) is 2. The number of anilines is 1. The highest BCUT2D eigenvalue weighted by atomic mass is 16.3. The Labute approximate surface area is 172 Å². The molecule has 7 nitrogen and oxygen atoms in total. The first-order valence-electron chi connectivity index (χ1n) is 9.85. The number of aromatic nitrogens is 2. The number of hydrogen-bond acceptors (Lipinski definition) is 5. The Balaban J connectivity index is 1.27. The molecule has 30 heavy (non-hydrogen) atoms. The zero-order chi connectivity index (χ0) is 20.5. The quantitative estimate of drug-likeness (QED) is 0.549. The van der Waals surface area contributed by atoms with Gasteiger partial charge < -0.3 is 19.6 Å². The first-order chi connectivity index (χ1) is 14.7. The highest BCUT2D eigenvalue weighted by Gasteiger charge is 2.25. The number of H-pyrrole nitrogens is 1. The van der Waals surface area contributed by atoms with Gasteiger partial charge in [0, 0.05) is 47.9 Å². The lowest BCUT2D eigenvalue weighted by Crippen LogP contribution is -2.37.